The first kappa shape index (κ1) is 13.1. The number of thiophene rings is 1. The molecule has 0 aliphatic heterocycles. The number of hydrogen-bond donors (Lipinski definition) is 0. The van der Waals surface area contributed by atoms with Gasteiger partial charge in [-0.15, -0.1) is 11.3 Å². The van der Waals surface area contributed by atoms with Crippen molar-refractivity contribution in [2.45, 2.75) is 26.4 Å². The average Bonchev–Trinajstić information content (AvgIpc) is 2.61. The summed E-state index contributed by atoms with van der Waals surface area (Å²) in [6.45, 7) is 4.10. The molecule has 0 aliphatic carbocycles. The molecular weight excluding hydrogens is 292 g/mol. The molecule has 4 heteroatoms. The monoisotopic (exact) mass is 304 g/mol. The van der Waals surface area contributed by atoms with E-state index in [0.29, 0.717) is 0 Å². The van der Waals surface area contributed by atoms with Gasteiger partial charge in [0.2, 0.25) is 0 Å². The van der Waals surface area contributed by atoms with Crippen molar-refractivity contribution in [3.63, 3.8) is 0 Å². The van der Waals surface area contributed by atoms with E-state index in [0.717, 1.165) is 22.2 Å². The molecule has 1 aromatic heterocycles. The zero-order chi connectivity index (χ0) is 11.1. The molecular formula is C11H13BrOS2. The lowest BCUT2D eigenvalue weighted by molar-refractivity contribution is 0.331. The van der Waals surface area contributed by atoms with Crippen LogP contribution < -0.4 is 0 Å². The molecule has 0 saturated heterocycles. The largest absolute Gasteiger partial charge is 0.300 e. The Morgan fingerprint density at radius 3 is 3.00 bits per heavy atom. The zero-order valence-electron chi connectivity index (χ0n) is 8.75. The Kier molecular flexibility index (Phi) is 6.42. The Morgan fingerprint density at radius 1 is 1.60 bits per heavy atom. The molecule has 0 amide bonds. The minimum Gasteiger partial charge on any atom is -0.300 e. The second-order valence-electron chi connectivity index (χ2n) is 2.96. The van der Waals surface area contributed by atoms with Crippen molar-refractivity contribution >= 4 is 39.3 Å². The summed E-state index contributed by atoms with van der Waals surface area (Å²) in [5.74, 6) is 7.19. The molecule has 15 heavy (non-hydrogen) atoms. The molecule has 82 valence electrons. The molecule has 1 heterocycles. The van der Waals surface area contributed by atoms with Gasteiger partial charge in [-0.3, -0.25) is 4.18 Å². The fourth-order valence-electron chi connectivity index (χ4n) is 0.808. The van der Waals surface area contributed by atoms with Crippen LogP contribution in [0.3, 0.4) is 0 Å². The van der Waals surface area contributed by atoms with Crippen LogP contribution in [0, 0.1) is 11.8 Å². The van der Waals surface area contributed by atoms with Gasteiger partial charge in [0.15, 0.2) is 0 Å². The van der Waals surface area contributed by atoms with Crippen molar-refractivity contribution in [3.05, 3.63) is 20.8 Å². The minimum atomic E-state index is -0.0200. The summed E-state index contributed by atoms with van der Waals surface area (Å²) in [4.78, 5) is 0. The van der Waals surface area contributed by atoms with Crippen LogP contribution in [0.15, 0.2) is 15.2 Å². The van der Waals surface area contributed by atoms with Crippen LogP contribution in [-0.4, -0.2) is 11.9 Å². The Bertz CT molecular complexity index is 351. The summed E-state index contributed by atoms with van der Waals surface area (Å²) < 4.78 is 6.52. The summed E-state index contributed by atoms with van der Waals surface area (Å²) in [5.41, 5.74) is 1.04. The first-order valence-corrected chi connectivity index (χ1v) is 7.40. The predicted molar refractivity (Wildman–Crippen MR) is 72.2 cm³/mol. The molecule has 1 rings (SSSR count). The quantitative estimate of drug-likeness (QED) is 0.465. The lowest BCUT2D eigenvalue weighted by Crippen LogP contribution is -1.99. The molecule has 0 aliphatic rings. The van der Waals surface area contributed by atoms with Crippen LogP contribution in [0.5, 0.6) is 0 Å². The van der Waals surface area contributed by atoms with Crippen molar-refractivity contribution in [2.75, 3.05) is 5.75 Å². The van der Waals surface area contributed by atoms with Gasteiger partial charge >= 0.3 is 0 Å². The smallest absolute Gasteiger partial charge is 0.130 e. The summed E-state index contributed by atoms with van der Waals surface area (Å²) >= 11 is 6.58. The second-order valence-corrected chi connectivity index (χ2v) is 5.40. The summed E-state index contributed by atoms with van der Waals surface area (Å²) in [5, 5.41) is 4.06. The van der Waals surface area contributed by atoms with E-state index in [9.17, 15) is 0 Å². The van der Waals surface area contributed by atoms with Crippen LogP contribution in [0.2, 0.25) is 0 Å². The molecule has 0 spiro atoms. The van der Waals surface area contributed by atoms with Crippen LogP contribution in [-0.2, 0) is 4.18 Å². The Hall–Kier alpha value is 0.0500. The molecule has 1 unspecified atom stereocenters. The van der Waals surface area contributed by atoms with E-state index in [1.165, 1.54) is 12.0 Å². The zero-order valence-corrected chi connectivity index (χ0v) is 12.0. The highest BCUT2D eigenvalue weighted by molar-refractivity contribution is 9.10. The lowest BCUT2D eigenvalue weighted by Gasteiger charge is -2.02. The third kappa shape index (κ3) is 5.07. The number of rotatable bonds is 4. The summed E-state index contributed by atoms with van der Waals surface area (Å²) in [7, 11) is 0. The Morgan fingerprint density at radius 2 is 2.40 bits per heavy atom. The van der Waals surface area contributed by atoms with Gasteiger partial charge in [-0.1, -0.05) is 18.8 Å². The van der Waals surface area contributed by atoms with Gasteiger partial charge in [0.25, 0.3) is 0 Å². The van der Waals surface area contributed by atoms with Crippen LogP contribution in [0.4, 0.5) is 0 Å². The molecule has 1 nitrogen and oxygen atoms in total. The maximum atomic E-state index is 5.45. The van der Waals surface area contributed by atoms with E-state index in [4.69, 9.17) is 4.18 Å². The highest BCUT2D eigenvalue weighted by Gasteiger charge is 1.98. The highest BCUT2D eigenvalue weighted by atomic mass is 79.9. The summed E-state index contributed by atoms with van der Waals surface area (Å²) in [6, 6.07) is 0. The summed E-state index contributed by atoms with van der Waals surface area (Å²) in [6.07, 6.45) is 1.11. The Balaban J connectivity index is 2.40. The maximum Gasteiger partial charge on any atom is 0.130 e. The highest BCUT2D eigenvalue weighted by Crippen LogP contribution is 2.20. The number of hydrogen-bond acceptors (Lipinski definition) is 3. The molecule has 0 saturated carbocycles. The van der Waals surface area contributed by atoms with Gasteiger partial charge in [0.05, 0.1) is 0 Å². The molecule has 0 N–H and O–H groups in total. The third-order valence-corrected chi connectivity index (χ3v) is 4.23. The van der Waals surface area contributed by atoms with E-state index in [-0.39, 0.29) is 6.10 Å². The van der Waals surface area contributed by atoms with Crippen molar-refractivity contribution in [3.8, 4) is 11.8 Å². The van der Waals surface area contributed by atoms with Gasteiger partial charge in [-0.05, 0) is 41.3 Å². The van der Waals surface area contributed by atoms with E-state index < -0.39 is 0 Å². The van der Waals surface area contributed by atoms with E-state index in [1.54, 1.807) is 11.3 Å². The van der Waals surface area contributed by atoms with E-state index >= 15 is 0 Å². The van der Waals surface area contributed by atoms with Crippen molar-refractivity contribution < 1.29 is 4.18 Å². The molecule has 1 aromatic rings. The van der Waals surface area contributed by atoms with Gasteiger partial charge in [-0.2, -0.15) is 0 Å². The van der Waals surface area contributed by atoms with Crippen molar-refractivity contribution in [2.24, 2.45) is 0 Å². The first-order chi connectivity index (χ1) is 7.24. The standard InChI is InChI=1S/C11H13BrOS2/c1-3-6-15-13-9(2)4-5-10-7-14-8-11(10)12/h7-9H,3,6H2,1-2H3. The minimum absolute atomic E-state index is 0.0200. The SMILES string of the molecule is CCCSOC(C)C#Cc1cscc1Br. The van der Waals surface area contributed by atoms with E-state index in [1.807, 2.05) is 17.7 Å². The van der Waals surface area contributed by atoms with Crippen LogP contribution >= 0.6 is 39.3 Å². The van der Waals surface area contributed by atoms with E-state index in [2.05, 4.69) is 34.7 Å². The van der Waals surface area contributed by atoms with Gasteiger partial charge in [-0.25, -0.2) is 0 Å². The first-order valence-electron chi connectivity index (χ1n) is 4.75. The maximum absolute atomic E-state index is 5.45. The topological polar surface area (TPSA) is 9.23 Å². The fourth-order valence-corrected chi connectivity index (χ4v) is 2.65. The number of halogens is 1. The van der Waals surface area contributed by atoms with Gasteiger partial charge in [0, 0.05) is 26.5 Å². The molecule has 0 radical (unpaired) electrons. The molecule has 0 bridgehead atoms. The average molecular weight is 305 g/mol. The second kappa shape index (κ2) is 7.34. The van der Waals surface area contributed by atoms with Gasteiger partial charge < -0.3 is 0 Å². The molecule has 1 atom stereocenters. The van der Waals surface area contributed by atoms with Gasteiger partial charge in [0.1, 0.15) is 6.10 Å². The molecule has 0 fully saturated rings. The molecule has 0 aromatic carbocycles. The fraction of sp³-hybridized carbons (Fsp3) is 0.455. The predicted octanol–water partition coefficient (Wildman–Crippen LogP) is 4.33. The lowest BCUT2D eigenvalue weighted by atomic mass is 10.3. The van der Waals surface area contributed by atoms with Crippen LogP contribution in [0.25, 0.3) is 0 Å². The third-order valence-electron chi connectivity index (χ3n) is 1.52. The normalized spacial score (nSPS) is 11.9. The van der Waals surface area contributed by atoms with Crippen molar-refractivity contribution in [1.82, 2.24) is 0 Å². The Labute approximate surface area is 108 Å². The van der Waals surface area contributed by atoms with Crippen LogP contribution in [0.1, 0.15) is 25.8 Å². The van der Waals surface area contributed by atoms with Crippen molar-refractivity contribution in [1.29, 1.82) is 0 Å².